The van der Waals surface area contributed by atoms with Crippen LogP contribution in [0.25, 0.3) is 0 Å². The van der Waals surface area contributed by atoms with E-state index < -0.39 is 0 Å². The average Bonchev–Trinajstić information content (AvgIpc) is 2.76. The fraction of sp³-hybridized carbons (Fsp3) is 0.273. The van der Waals surface area contributed by atoms with E-state index >= 15 is 0 Å². The lowest BCUT2D eigenvalue weighted by molar-refractivity contribution is -0.110. The lowest BCUT2D eigenvalue weighted by Gasteiger charge is -2.11. The van der Waals surface area contributed by atoms with Gasteiger partial charge in [-0.3, -0.25) is 9.79 Å². The third kappa shape index (κ3) is 2.87. The second-order valence-corrected chi connectivity index (χ2v) is 5.46. The lowest BCUT2D eigenvalue weighted by atomic mass is 10.2. The van der Waals surface area contributed by atoms with Gasteiger partial charge >= 0.3 is 0 Å². The molecule has 1 aromatic rings. The number of amides is 1. The van der Waals surface area contributed by atoms with Gasteiger partial charge in [0, 0.05) is 15.5 Å². The van der Waals surface area contributed by atoms with Crippen LogP contribution >= 0.6 is 31.9 Å². The lowest BCUT2D eigenvalue weighted by Crippen LogP contribution is -2.32. The van der Waals surface area contributed by atoms with Crippen molar-refractivity contribution in [2.45, 2.75) is 6.92 Å². The third-order valence-electron chi connectivity index (χ3n) is 2.38. The van der Waals surface area contributed by atoms with Gasteiger partial charge in [-0.15, -0.1) is 0 Å². The molecule has 0 radical (unpaired) electrons. The number of hydrogen-bond donors (Lipinski definition) is 2. The van der Waals surface area contributed by atoms with Gasteiger partial charge in [-0.2, -0.15) is 0 Å². The maximum absolute atomic E-state index is 11.9. The number of carbonyl (C=O) groups is 1. The molecule has 2 rings (SSSR count). The molecule has 1 aliphatic rings. The van der Waals surface area contributed by atoms with Gasteiger partial charge in [-0.25, -0.2) is 0 Å². The SMILES string of the molecule is Cc1cc(Br)cc(Br)c1NC(=O)C1=NCCN1. The Kier molecular flexibility index (Phi) is 3.83. The summed E-state index contributed by atoms with van der Waals surface area (Å²) < 4.78 is 1.81. The van der Waals surface area contributed by atoms with Crippen molar-refractivity contribution in [3.63, 3.8) is 0 Å². The molecule has 90 valence electrons. The number of rotatable bonds is 2. The Morgan fingerprint density at radius 2 is 2.24 bits per heavy atom. The highest BCUT2D eigenvalue weighted by Gasteiger charge is 2.16. The number of anilines is 1. The predicted octanol–water partition coefficient (Wildman–Crippen LogP) is 2.46. The number of aliphatic imine (C=N–C) groups is 1. The summed E-state index contributed by atoms with van der Waals surface area (Å²) in [7, 11) is 0. The van der Waals surface area contributed by atoms with Crippen LogP contribution in [0.2, 0.25) is 0 Å². The molecule has 0 atom stereocenters. The normalized spacial score (nSPS) is 14.2. The number of aryl methyl sites for hydroxylation is 1. The first-order chi connectivity index (χ1) is 8.08. The summed E-state index contributed by atoms with van der Waals surface area (Å²) in [5, 5.41) is 5.79. The van der Waals surface area contributed by atoms with E-state index in [-0.39, 0.29) is 5.91 Å². The standard InChI is InChI=1S/C11H11Br2N3O/c1-6-4-7(12)5-8(13)9(6)16-11(17)10-14-2-3-15-10/h4-5H,2-3H2,1H3,(H,14,15)(H,16,17). The van der Waals surface area contributed by atoms with E-state index in [1.165, 1.54) is 0 Å². The highest BCUT2D eigenvalue weighted by molar-refractivity contribution is 9.11. The Morgan fingerprint density at radius 1 is 1.47 bits per heavy atom. The quantitative estimate of drug-likeness (QED) is 0.851. The monoisotopic (exact) mass is 359 g/mol. The zero-order chi connectivity index (χ0) is 12.4. The van der Waals surface area contributed by atoms with Gasteiger partial charge in [0.2, 0.25) is 0 Å². The van der Waals surface area contributed by atoms with Crippen LogP contribution in [0.3, 0.4) is 0 Å². The van der Waals surface area contributed by atoms with E-state index in [0.717, 1.165) is 26.7 Å². The summed E-state index contributed by atoms with van der Waals surface area (Å²) in [4.78, 5) is 15.9. The van der Waals surface area contributed by atoms with Crippen LogP contribution in [-0.2, 0) is 4.79 Å². The van der Waals surface area contributed by atoms with Crippen LogP contribution in [0.15, 0.2) is 26.1 Å². The molecule has 0 fully saturated rings. The summed E-state index contributed by atoms with van der Waals surface area (Å²) >= 11 is 6.83. The Balaban J connectivity index is 2.21. The summed E-state index contributed by atoms with van der Waals surface area (Å²) in [6.45, 7) is 3.32. The molecule has 1 aliphatic heterocycles. The second-order valence-electron chi connectivity index (χ2n) is 3.69. The third-order valence-corrected chi connectivity index (χ3v) is 3.46. The van der Waals surface area contributed by atoms with E-state index in [1.54, 1.807) is 0 Å². The van der Waals surface area contributed by atoms with Gasteiger partial charge < -0.3 is 10.6 Å². The van der Waals surface area contributed by atoms with E-state index in [2.05, 4.69) is 47.5 Å². The number of hydrogen-bond acceptors (Lipinski definition) is 3. The molecule has 0 aliphatic carbocycles. The number of carbonyl (C=O) groups excluding carboxylic acids is 1. The average molecular weight is 361 g/mol. The topological polar surface area (TPSA) is 53.5 Å². The van der Waals surface area contributed by atoms with Crippen LogP contribution in [0.5, 0.6) is 0 Å². The van der Waals surface area contributed by atoms with Gasteiger partial charge in [0.25, 0.3) is 5.91 Å². The Morgan fingerprint density at radius 3 is 2.82 bits per heavy atom. The molecular formula is C11H11Br2N3O. The molecule has 0 spiro atoms. The number of benzene rings is 1. The minimum atomic E-state index is -0.200. The Hall–Kier alpha value is -0.880. The maximum Gasteiger partial charge on any atom is 0.290 e. The maximum atomic E-state index is 11.9. The molecule has 17 heavy (non-hydrogen) atoms. The molecule has 6 heteroatoms. The fourth-order valence-electron chi connectivity index (χ4n) is 1.58. The first-order valence-corrected chi connectivity index (χ1v) is 6.72. The fourth-order valence-corrected chi connectivity index (χ4v) is 3.12. The first-order valence-electron chi connectivity index (χ1n) is 5.13. The zero-order valence-corrected chi connectivity index (χ0v) is 12.4. The van der Waals surface area contributed by atoms with Crippen LogP contribution in [0.4, 0.5) is 5.69 Å². The highest BCUT2D eigenvalue weighted by Crippen LogP contribution is 2.30. The van der Waals surface area contributed by atoms with Gasteiger partial charge in [-0.05, 0) is 40.5 Å². The number of nitrogens with one attached hydrogen (secondary N) is 2. The smallest absolute Gasteiger partial charge is 0.290 e. The molecule has 1 heterocycles. The molecule has 0 saturated heterocycles. The molecule has 1 amide bonds. The van der Waals surface area contributed by atoms with E-state index in [1.807, 2.05) is 19.1 Å². The van der Waals surface area contributed by atoms with Crippen molar-refractivity contribution in [3.05, 3.63) is 26.6 Å². The summed E-state index contributed by atoms with van der Waals surface area (Å²) in [5.41, 5.74) is 1.76. The van der Waals surface area contributed by atoms with E-state index in [0.29, 0.717) is 12.4 Å². The molecule has 4 nitrogen and oxygen atoms in total. The molecule has 1 aromatic carbocycles. The highest BCUT2D eigenvalue weighted by atomic mass is 79.9. The van der Waals surface area contributed by atoms with Crippen molar-refractivity contribution in [1.82, 2.24) is 5.32 Å². The predicted molar refractivity (Wildman–Crippen MR) is 75.5 cm³/mol. The minimum Gasteiger partial charge on any atom is -0.364 e. The molecule has 0 bridgehead atoms. The van der Waals surface area contributed by atoms with Crippen LogP contribution in [0.1, 0.15) is 5.56 Å². The molecular weight excluding hydrogens is 350 g/mol. The van der Waals surface area contributed by atoms with Crippen molar-refractivity contribution in [1.29, 1.82) is 0 Å². The van der Waals surface area contributed by atoms with Gasteiger partial charge in [0.05, 0.1) is 12.2 Å². The summed E-state index contributed by atoms with van der Waals surface area (Å²) in [5.74, 6) is 0.202. The van der Waals surface area contributed by atoms with E-state index in [4.69, 9.17) is 0 Å². The van der Waals surface area contributed by atoms with Gasteiger partial charge in [0.1, 0.15) is 0 Å². The number of nitrogens with zero attached hydrogens (tertiary/aromatic N) is 1. The second kappa shape index (κ2) is 5.18. The van der Waals surface area contributed by atoms with Crippen molar-refractivity contribution in [2.24, 2.45) is 4.99 Å². The number of halogens is 2. The van der Waals surface area contributed by atoms with E-state index in [9.17, 15) is 4.79 Å². The molecule has 0 unspecified atom stereocenters. The zero-order valence-electron chi connectivity index (χ0n) is 9.18. The molecule has 2 N–H and O–H groups in total. The Bertz CT molecular complexity index is 476. The number of amidine groups is 1. The van der Waals surface area contributed by atoms with Crippen LogP contribution < -0.4 is 10.6 Å². The van der Waals surface area contributed by atoms with Crippen LogP contribution in [0, 0.1) is 6.92 Å². The van der Waals surface area contributed by atoms with Crippen LogP contribution in [-0.4, -0.2) is 24.8 Å². The van der Waals surface area contributed by atoms with Crippen molar-refractivity contribution in [3.8, 4) is 0 Å². The molecule has 0 aromatic heterocycles. The largest absolute Gasteiger partial charge is 0.364 e. The van der Waals surface area contributed by atoms with Crippen molar-refractivity contribution in [2.75, 3.05) is 18.4 Å². The first kappa shape index (κ1) is 12.6. The van der Waals surface area contributed by atoms with Gasteiger partial charge in [-0.1, -0.05) is 15.9 Å². The van der Waals surface area contributed by atoms with Gasteiger partial charge in [0.15, 0.2) is 5.84 Å². The van der Waals surface area contributed by atoms with Crippen molar-refractivity contribution >= 4 is 49.3 Å². The summed E-state index contributed by atoms with van der Waals surface area (Å²) in [6.07, 6.45) is 0. The van der Waals surface area contributed by atoms with Crippen molar-refractivity contribution < 1.29 is 4.79 Å². The Labute approximate surface area is 116 Å². The minimum absolute atomic E-state index is 0.200. The summed E-state index contributed by atoms with van der Waals surface area (Å²) in [6, 6.07) is 3.84. The molecule has 0 saturated carbocycles.